The summed E-state index contributed by atoms with van der Waals surface area (Å²) in [5, 5.41) is 2.97. The lowest BCUT2D eigenvalue weighted by molar-refractivity contribution is 0.0264. The molecular weight excluding hydrogens is 234 g/mol. The van der Waals surface area contributed by atoms with E-state index in [-0.39, 0.29) is 11.4 Å². The van der Waals surface area contributed by atoms with Gasteiger partial charge >= 0.3 is 0 Å². The second-order valence-corrected chi connectivity index (χ2v) is 4.87. The average molecular weight is 253 g/mol. The molecule has 1 unspecified atom stereocenters. The van der Waals surface area contributed by atoms with Gasteiger partial charge in [-0.05, 0) is 31.9 Å². The maximum atomic E-state index is 12.0. The average Bonchev–Trinajstić information content (AvgIpc) is 2.78. The molecule has 1 atom stereocenters. The van der Waals surface area contributed by atoms with Crippen molar-refractivity contribution in [3.8, 4) is 0 Å². The van der Waals surface area contributed by atoms with Crippen LogP contribution in [-0.2, 0) is 16.1 Å². The molecular formula is C13H19NO4. The van der Waals surface area contributed by atoms with Gasteiger partial charge in [-0.15, -0.1) is 0 Å². The van der Waals surface area contributed by atoms with E-state index in [1.807, 2.05) is 6.92 Å². The summed E-state index contributed by atoms with van der Waals surface area (Å²) >= 11 is 0. The first kappa shape index (κ1) is 13.1. The van der Waals surface area contributed by atoms with Crippen LogP contribution in [0.3, 0.4) is 0 Å². The van der Waals surface area contributed by atoms with Crippen molar-refractivity contribution in [1.82, 2.24) is 5.32 Å². The molecule has 0 saturated carbocycles. The lowest BCUT2D eigenvalue weighted by Crippen LogP contribution is -2.51. The van der Waals surface area contributed by atoms with E-state index in [9.17, 15) is 4.79 Å². The lowest BCUT2D eigenvalue weighted by Gasteiger charge is -2.33. The Kier molecular flexibility index (Phi) is 4.04. The Morgan fingerprint density at radius 3 is 3.06 bits per heavy atom. The highest BCUT2D eigenvalue weighted by atomic mass is 16.5. The summed E-state index contributed by atoms with van der Waals surface area (Å²) in [6, 6.07) is 3.41. The van der Waals surface area contributed by atoms with Gasteiger partial charge in [0.25, 0.3) is 5.91 Å². The Morgan fingerprint density at radius 2 is 2.39 bits per heavy atom. The first-order valence-corrected chi connectivity index (χ1v) is 6.11. The van der Waals surface area contributed by atoms with E-state index in [0.29, 0.717) is 24.7 Å². The molecule has 5 heteroatoms. The lowest BCUT2D eigenvalue weighted by atomic mass is 9.95. The minimum Gasteiger partial charge on any atom is -0.453 e. The number of carbonyl (C=O) groups is 1. The van der Waals surface area contributed by atoms with E-state index >= 15 is 0 Å². The molecule has 2 heterocycles. The number of carbonyl (C=O) groups excluding carboxylic acids is 1. The van der Waals surface area contributed by atoms with E-state index in [1.165, 1.54) is 0 Å². The number of hydrogen-bond donors (Lipinski definition) is 1. The third-order valence-corrected chi connectivity index (χ3v) is 3.03. The fourth-order valence-corrected chi connectivity index (χ4v) is 2.09. The second-order valence-electron chi connectivity index (χ2n) is 4.87. The van der Waals surface area contributed by atoms with Crippen LogP contribution in [0.4, 0.5) is 0 Å². The Labute approximate surface area is 106 Å². The maximum Gasteiger partial charge on any atom is 0.287 e. The fourth-order valence-electron chi connectivity index (χ4n) is 2.09. The van der Waals surface area contributed by atoms with Gasteiger partial charge in [0.1, 0.15) is 12.4 Å². The monoisotopic (exact) mass is 253 g/mol. The highest BCUT2D eigenvalue weighted by molar-refractivity contribution is 5.92. The number of furan rings is 1. The number of methoxy groups -OCH3 is 1. The highest BCUT2D eigenvalue weighted by Crippen LogP contribution is 2.19. The molecule has 5 nitrogen and oxygen atoms in total. The van der Waals surface area contributed by atoms with Gasteiger partial charge in [0, 0.05) is 13.7 Å². The van der Waals surface area contributed by atoms with E-state index in [2.05, 4.69) is 5.32 Å². The van der Waals surface area contributed by atoms with Crippen molar-refractivity contribution in [1.29, 1.82) is 0 Å². The van der Waals surface area contributed by atoms with Crippen LogP contribution in [0.1, 0.15) is 36.1 Å². The topological polar surface area (TPSA) is 60.7 Å². The zero-order valence-electron chi connectivity index (χ0n) is 10.8. The molecule has 0 radical (unpaired) electrons. The number of nitrogens with one attached hydrogen (secondary N) is 1. The van der Waals surface area contributed by atoms with Crippen LogP contribution in [0.2, 0.25) is 0 Å². The Bertz CT molecular complexity index is 407. The van der Waals surface area contributed by atoms with Gasteiger partial charge in [0.15, 0.2) is 5.76 Å². The molecule has 100 valence electrons. The van der Waals surface area contributed by atoms with Gasteiger partial charge < -0.3 is 19.2 Å². The molecule has 0 aliphatic carbocycles. The molecule has 1 aromatic heterocycles. The van der Waals surface area contributed by atoms with Crippen LogP contribution in [0.5, 0.6) is 0 Å². The normalized spacial score (nSPS) is 23.9. The van der Waals surface area contributed by atoms with Gasteiger partial charge in [-0.25, -0.2) is 0 Å². The van der Waals surface area contributed by atoms with Crippen molar-refractivity contribution >= 4 is 5.91 Å². The van der Waals surface area contributed by atoms with Gasteiger partial charge in [0.2, 0.25) is 0 Å². The minimum atomic E-state index is -0.302. The largest absolute Gasteiger partial charge is 0.453 e. The SMILES string of the molecule is COCc1ccc(C(=O)NC2(C)CCCOC2)o1. The summed E-state index contributed by atoms with van der Waals surface area (Å²) < 4.78 is 15.7. The number of rotatable bonds is 4. The van der Waals surface area contributed by atoms with Crippen LogP contribution < -0.4 is 5.32 Å². The highest BCUT2D eigenvalue weighted by Gasteiger charge is 2.30. The van der Waals surface area contributed by atoms with E-state index in [1.54, 1.807) is 19.2 Å². The second kappa shape index (κ2) is 5.54. The Morgan fingerprint density at radius 1 is 1.56 bits per heavy atom. The smallest absolute Gasteiger partial charge is 0.287 e. The van der Waals surface area contributed by atoms with Gasteiger partial charge in [0.05, 0.1) is 12.1 Å². The number of ether oxygens (including phenoxy) is 2. The van der Waals surface area contributed by atoms with E-state index in [0.717, 1.165) is 19.4 Å². The van der Waals surface area contributed by atoms with Crippen molar-refractivity contribution in [2.24, 2.45) is 0 Å². The summed E-state index contributed by atoms with van der Waals surface area (Å²) in [6.07, 6.45) is 1.88. The van der Waals surface area contributed by atoms with Crippen LogP contribution in [0.25, 0.3) is 0 Å². The van der Waals surface area contributed by atoms with Gasteiger partial charge in [-0.3, -0.25) is 4.79 Å². The first-order valence-electron chi connectivity index (χ1n) is 6.11. The predicted molar refractivity (Wildman–Crippen MR) is 65.3 cm³/mol. The molecule has 1 saturated heterocycles. The van der Waals surface area contributed by atoms with Crippen molar-refractivity contribution < 1.29 is 18.7 Å². The van der Waals surface area contributed by atoms with Crippen LogP contribution >= 0.6 is 0 Å². The molecule has 0 aromatic carbocycles. The summed E-state index contributed by atoms with van der Waals surface area (Å²) in [5.41, 5.74) is -0.302. The van der Waals surface area contributed by atoms with Gasteiger partial charge in [-0.2, -0.15) is 0 Å². The minimum absolute atomic E-state index is 0.203. The molecule has 1 amide bonds. The fraction of sp³-hybridized carbons (Fsp3) is 0.615. The molecule has 1 fully saturated rings. The van der Waals surface area contributed by atoms with E-state index < -0.39 is 0 Å². The first-order chi connectivity index (χ1) is 8.63. The molecule has 18 heavy (non-hydrogen) atoms. The maximum absolute atomic E-state index is 12.0. The number of amides is 1. The zero-order chi connectivity index (χ0) is 13.0. The van der Waals surface area contributed by atoms with Crippen LogP contribution in [0.15, 0.2) is 16.5 Å². The van der Waals surface area contributed by atoms with E-state index in [4.69, 9.17) is 13.9 Å². The molecule has 0 spiro atoms. The van der Waals surface area contributed by atoms with Crippen molar-refractivity contribution in [2.75, 3.05) is 20.3 Å². The van der Waals surface area contributed by atoms with Crippen molar-refractivity contribution in [3.63, 3.8) is 0 Å². The molecule has 0 bridgehead atoms. The summed E-state index contributed by atoms with van der Waals surface area (Å²) in [6.45, 7) is 3.67. The Hall–Kier alpha value is -1.33. The molecule has 1 aromatic rings. The molecule has 2 rings (SSSR count). The van der Waals surface area contributed by atoms with Gasteiger partial charge in [-0.1, -0.05) is 0 Å². The van der Waals surface area contributed by atoms with Crippen molar-refractivity contribution in [2.45, 2.75) is 31.9 Å². The summed E-state index contributed by atoms with van der Waals surface area (Å²) in [7, 11) is 1.59. The summed E-state index contributed by atoms with van der Waals surface area (Å²) in [4.78, 5) is 12.0. The van der Waals surface area contributed by atoms with Crippen molar-refractivity contribution in [3.05, 3.63) is 23.7 Å². The number of hydrogen-bond acceptors (Lipinski definition) is 4. The van der Waals surface area contributed by atoms with Crippen LogP contribution in [-0.4, -0.2) is 31.8 Å². The van der Waals surface area contributed by atoms with Crippen LogP contribution in [0, 0.1) is 0 Å². The quantitative estimate of drug-likeness (QED) is 0.887. The predicted octanol–water partition coefficient (Wildman–Crippen LogP) is 1.72. The summed E-state index contributed by atoms with van der Waals surface area (Å²) in [5.74, 6) is 0.756. The Balaban J connectivity index is 1.97. The molecule has 1 aliphatic rings. The zero-order valence-corrected chi connectivity index (χ0v) is 10.8. The third-order valence-electron chi connectivity index (χ3n) is 3.03. The third kappa shape index (κ3) is 3.11. The standard InChI is InChI=1S/C13H19NO4/c1-13(6-3-7-17-9-13)14-12(15)11-5-4-10(18-11)8-16-2/h4-5H,3,6-9H2,1-2H3,(H,14,15). The molecule has 1 N–H and O–H groups in total. The molecule has 1 aliphatic heterocycles.